The van der Waals surface area contributed by atoms with Gasteiger partial charge in [0, 0.05) is 23.9 Å². The Kier molecular flexibility index (Phi) is 8.03. The van der Waals surface area contributed by atoms with Crippen molar-refractivity contribution >= 4 is 17.6 Å². The van der Waals surface area contributed by atoms with Crippen molar-refractivity contribution in [3.63, 3.8) is 0 Å². The van der Waals surface area contributed by atoms with E-state index >= 15 is 0 Å². The number of aliphatic carboxylic acids is 1. The number of hydrogen-bond acceptors (Lipinski definition) is 5. The number of hydrogen-bond donors (Lipinski definition) is 4. The molecular formula is C21H35ClN2O4. The second-order valence-electron chi connectivity index (χ2n) is 8.80. The standard InChI is InChI=1S/C21H35ClN2O4/c1-13(23-11-18(25)14-4-2-5-16(22)9-14)8-15-10-24-21-17(15)6-3-7-19(21)28-12-20(26)27/h10,13-14,16-19,21,23-25H,2-9,11-12H2,1H3,(H,26,27). The number of aliphatic hydroxyl groups is 1. The van der Waals surface area contributed by atoms with Gasteiger partial charge in [0.05, 0.1) is 18.2 Å². The maximum Gasteiger partial charge on any atom is 0.329 e. The molecule has 1 aliphatic heterocycles. The number of carbonyl (C=O) groups is 1. The highest BCUT2D eigenvalue weighted by Crippen LogP contribution is 2.37. The second-order valence-corrected chi connectivity index (χ2v) is 9.41. The van der Waals surface area contributed by atoms with E-state index in [2.05, 4.69) is 23.8 Å². The SMILES string of the molecule is CC(CC1=CNC2C(OCC(=O)O)CCCC12)NCC(O)C1CCCC(Cl)C1. The topological polar surface area (TPSA) is 90.8 Å². The minimum Gasteiger partial charge on any atom is -0.480 e. The Morgan fingerprint density at radius 3 is 2.89 bits per heavy atom. The zero-order valence-electron chi connectivity index (χ0n) is 16.8. The molecule has 0 aromatic carbocycles. The number of halogens is 1. The van der Waals surface area contributed by atoms with Crippen LogP contribution in [0.1, 0.15) is 58.3 Å². The number of carboxylic acid groups (broad SMARTS) is 1. The van der Waals surface area contributed by atoms with E-state index in [-0.39, 0.29) is 36.3 Å². The number of carboxylic acids is 1. The molecule has 7 atom stereocenters. The number of nitrogens with one attached hydrogen (secondary N) is 2. The summed E-state index contributed by atoms with van der Waals surface area (Å²) >= 11 is 6.26. The van der Waals surface area contributed by atoms with E-state index in [0.29, 0.717) is 18.4 Å². The smallest absolute Gasteiger partial charge is 0.329 e. The summed E-state index contributed by atoms with van der Waals surface area (Å²) in [6, 6.07) is 0.459. The van der Waals surface area contributed by atoms with Gasteiger partial charge in [0.2, 0.25) is 0 Å². The first-order chi connectivity index (χ1) is 13.4. The van der Waals surface area contributed by atoms with E-state index in [0.717, 1.165) is 51.4 Å². The van der Waals surface area contributed by atoms with Crippen LogP contribution in [0.25, 0.3) is 0 Å². The van der Waals surface area contributed by atoms with Gasteiger partial charge < -0.3 is 25.6 Å². The van der Waals surface area contributed by atoms with Gasteiger partial charge in [0.15, 0.2) is 0 Å². The Morgan fingerprint density at radius 1 is 1.36 bits per heavy atom. The van der Waals surface area contributed by atoms with Gasteiger partial charge in [-0.15, -0.1) is 11.6 Å². The third-order valence-corrected chi connectivity index (χ3v) is 7.00. The first-order valence-corrected chi connectivity index (χ1v) is 11.2. The first-order valence-electron chi connectivity index (χ1n) is 10.8. The highest BCUT2D eigenvalue weighted by atomic mass is 35.5. The number of alkyl halides is 1. The Balaban J connectivity index is 1.43. The molecule has 160 valence electrons. The molecule has 0 spiro atoms. The van der Waals surface area contributed by atoms with Crippen LogP contribution in [-0.2, 0) is 9.53 Å². The molecule has 6 nitrogen and oxygen atoms in total. The minimum atomic E-state index is -0.914. The Hall–Kier alpha value is -0.820. The molecule has 1 heterocycles. The maximum atomic E-state index is 10.8. The lowest BCUT2D eigenvalue weighted by Crippen LogP contribution is -2.45. The molecule has 2 aliphatic carbocycles. The van der Waals surface area contributed by atoms with Crippen LogP contribution in [0.15, 0.2) is 11.8 Å². The molecular weight excluding hydrogens is 380 g/mol. The molecule has 3 aliphatic rings. The highest BCUT2D eigenvalue weighted by Gasteiger charge is 2.39. The third-order valence-electron chi connectivity index (χ3n) is 6.61. The van der Waals surface area contributed by atoms with Crippen LogP contribution in [0.3, 0.4) is 0 Å². The summed E-state index contributed by atoms with van der Waals surface area (Å²) in [5.74, 6) is -0.196. The molecule has 2 saturated carbocycles. The lowest BCUT2D eigenvalue weighted by molar-refractivity contribution is -0.145. The molecule has 7 unspecified atom stereocenters. The van der Waals surface area contributed by atoms with Crippen LogP contribution in [0.4, 0.5) is 0 Å². The summed E-state index contributed by atoms with van der Waals surface area (Å²) in [6.45, 7) is 2.53. The first kappa shape index (κ1) is 21.9. The van der Waals surface area contributed by atoms with Crippen molar-refractivity contribution in [3.8, 4) is 0 Å². The fourth-order valence-electron chi connectivity index (χ4n) is 5.11. The quantitative estimate of drug-likeness (QED) is 0.433. The molecule has 0 radical (unpaired) electrons. The van der Waals surface area contributed by atoms with Gasteiger partial charge in [0.25, 0.3) is 0 Å². The van der Waals surface area contributed by atoms with E-state index < -0.39 is 5.97 Å². The number of aliphatic hydroxyl groups excluding tert-OH is 1. The predicted octanol–water partition coefficient (Wildman–Crippen LogP) is 2.64. The average Bonchev–Trinajstić information content (AvgIpc) is 3.07. The average molecular weight is 415 g/mol. The molecule has 0 aromatic rings. The van der Waals surface area contributed by atoms with Crippen LogP contribution in [0.5, 0.6) is 0 Å². The van der Waals surface area contributed by atoms with Crippen LogP contribution in [0, 0.1) is 11.8 Å². The van der Waals surface area contributed by atoms with Crippen molar-refractivity contribution in [1.82, 2.24) is 10.6 Å². The lowest BCUT2D eigenvalue weighted by atomic mass is 9.79. The van der Waals surface area contributed by atoms with Crippen molar-refractivity contribution in [2.24, 2.45) is 11.8 Å². The van der Waals surface area contributed by atoms with Crippen LogP contribution < -0.4 is 10.6 Å². The summed E-state index contributed by atoms with van der Waals surface area (Å²) in [5.41, 5.74) is 1.38. The second kappa shape index (κ2) is 10.3. The van der Waals surface area contributed by atoms with Crippen molar-refractivity contribution in [2.45, 2.75) is 88.0 Å². The molecule has 7 heteroatoms. The Labute approximate surface area is 173 Å². The molecule has 2 fully saturated rings. The largest absolute Gasteiger partial charge is 0.480 e. The van der Waals surface area contributed by atoms with Crippen LogP contribution in [-0.4, -0.2) is 59.0 Å². The van der Waals surface area contributed by atoms with E-state index in [1.54, 1.807) is 0 Å². The van der Waals surface area contributed by atoms with Crippen molar-refractivity contribution in [3.05, 3.63) is 11.8 Å². The summed E-state index contributed by atoms with van der Waals surface area (Å²) in [4.78, 5) is 10.8. The lowest BCUT2D eigenvalue weighted by Gasteiger charge is -2.35. The molecule has 4 N–H and O–H groups in total. The van der Waals surface area contributed by atoms with Crippen LogP contribution in [0.2, 0.25) is 0 Å². The summed E-state index contributed by atoms with van der Waals surface area (Å²) in [7, 11) is 0. The molecule has 0 aromatic heterocycles. The molecule has 3 rings (SSSR count). The van der Waals surface area contributed by atoms with Gasteiger partial charge in [-0.1, -0.05) is 12.8 Å². The molecule has 28 heavy (non-hydrogen) atoms. The van der Waals surface area contributed by atoms with Gasteiger partial charge in [-0.3, -0.25) is 0 Å². The normalized spacial score (nSPS) is 34.8. The zero-order chi connectivity index (χ0) is 20.1. The minimum absolute atomic E-state index is 0.0384. The summed E-state index contributed by atoms with van der Waals surface area (Å²) < 4.78 is 5.61. The van der Waals surface area contributed by atoms with E-state index in [9.17, 15) is 9.90 Å². The zero-order valence-corrected chi connectivity index (χ0v) is 17.5. The number of rotatable bonds is 9. The molecule has 0 saturated heterocycles. The van der Waals surface area contributed by atoms with Gasteiger partial charge >= 0.3 is 5.97 Å². The predicted molar refractivity (Wildman–Crippen MR) is 109 cm³/mol. The summed E-state index contributed by atoms with van der Waals surface area (Å²) in [5, 5.41) is 26.5. The number of ether oxygens (including phenoxy) is 1. The van der Waals surface area contributed by atoms with Gasteiger partial charge in [-0.05, 0) is 63.1 Å². The monoisotopic (exact) mass is 414 g/mol. The van der Waals surface area contributed by atoms with Gasteiger partial charge in [-0.2, -0.15) is 0 Å². The fourth-order valence-corrected chi connectivity index (χ4v) is 5.50. The van der Waals surface area contributed by atoms with Gasteiger partial charge in [-0.25, -0.2) is 4.79 Å². The fraction of sp³-hybridized carbons (Fsp3) is 0.857. The van der Waals surface area contributed by atoms with Crippen molar-refractivity contribution < 1.29 is 19.7 Å². The highest BCUT2D eigenvalue weighted by molar-refractivity contribution is 6.20. The molecule has 0 amide bonds. The Morgan fingerprint density at radius 2 is 2.14 bits per heavy atom. The summed E-state index contributed by atoms with van der Waals surface area (Å²) in [6.07, 6.45) is 9.89. The third kappa shape index (κ3) is 5.85. The maximum absolute atomic E-state index is 10.8. The van der Waals surface area contributed by atoms with Gasteiger partial charge in [0.1, 0.15) is 6.61 Å². The van der Waals surface area contributed by atoms with E-state index in [4.69, 9.17) is 21.4 Å². The van der Waals surface area contributed by atoms with Crippen molar-refractivity contribution in [2.75, 3.05) is 13.2 Å². The molecule has 0 bridgehead atoms. The Bertz CT molecular complexity index is 559. The van der Waals surface area contributed by atoms with Crippen molar-refractivity contribution in [1.29, 1.82) is 0 Å². The van der Waals surface area contributed by atoms with E-state index in [1.807, 2.05) is 0 Å². The van der Waals surface area contributed by atoms with Crippen LogP contribution >= 0.6 is 11.6 Å². The van der Waals surface area contributed by atoms with E-state index in [1.165, 1.54) is 5.57 Å². The number of fused-ring (bicyclic) bond motifs is 1.